The molecule has 0 N–H and O–H groups in total. The van der Waals surface area contributed by atoms with E-state index in [2.05, 4.69) is 14.9 Å². The molecule has 1 fully saturated rings. The first-order valence-electron chi connectivity index (χ1n) is 7.36. The third-order valence-electron chi connectivity index (χ3n) is 3.98. The highest BCUT2D eigenvalue weighted by atomic mass is 32.1. The molecule has 118 valence electrons. The SMILES string of the molecule is Fc1ccc(N2CCN(c3nc4cnccc4s3)CC2)c(F)c1. The van der Waals surface area contributed by atoms with Crippen molar-refractivity contribution in [2.75, 3.05) is 36.0 Å². The fourth-order valence-electron chi connectivity index (χ4n) is 2.78. The Labute approximate surface area is 136 Å². The van der Waals surface area contributed by atoms with Gasteiger partial charge in [-0.2, -0.15) is 0 Å². The normalized spacial score (nSPS) is 15.4. The number of hydrogen-bond acceptors (Lipinski definition) is 5. The summed E-state index contributed by atoms with van der Waals surface area (Å²) in [5.74, 6) is -1.06. The van der Waals surface area contributed by atoms with Gasteiger partial charge in [0.25, 0.3) is 0 Å². The molecule has 4 nitrogen and oxygen atoms in total. The number of aromatic nitrogens is 2. The molecule has 1 aliphatic rings. The maximum atomic E-state index is 13.9. The Morgan fingerprint density at radius 1 is 1.00 bits per heavy atom. The third-order valence-corrected chi connectivity index (χ3v) is 5.08. The number of hydrogen-bond donors (Lipinski definition) is 0. The number of piperazine rings is 1. The molecule has 0 bridgehead atoms. The van der Waals surface area contributed by atoms with Crippen molar-refractivity contribution in [1.82, 2.24) is 9.97 Å². The van der Waals surface area contributed by atoms with E-state index in [-0.39, 0.29) is 0 Å². The number of anilines is 2. The van der Waals surface area contributed by atoms with E-state index in [1.807, 2.05) is 11.0 Å². The molecule has 7 heteroatoms. The van der Waals surface area contributed by atoms with Crippen molar-refractivity contribution in [3.63, 3.8) is 0 Å². The number of benzene rings is 1. The smallest absolute Gasteiger partial charge is 0.186 e. The van der Waals surface area contributed by atoms with Crippen molar-refractivity contribution >= 4 is 32.4 Å². The molecule has 3 aromatic rings. The van der Waals surface area contributed by atoms with Crippen LogP contribution in [0.4, 0.5) is 19.6 Å². The molecule has 23 heavy (non-hydrogen) atoms. The highest BCUT2D eigenvalue weighted by Gasteiger charge is 2.22. The lowest BCUT2D eigenvalue weighted by Gasteiger charge is -2.36. The lowest BCUT2D eigenvalue weighted by Crippen LogP contribution is -2.46. The van der Waals surface area contributed by atoms with Gasteiger partial charge in [-0.05, 0) is 18.2 Å². The molecule has 0 unspecified atom stereocenters. The van der Waals surface area contributed by atoms with E-state index >= 15 is 0 Å². The van der Waals surface area contributed by atoms with Gasteiger partial charge in [-0.1, -0.05) is 11.3 Å². The Hall–Kier alpha value is -2.28. The molecule has 4 rings (SSSR count). The van der Waals surface area contributed by atoms with Gasteiger partial charge in [-0.3, -0.25) is 4.98 Å². The summed E-state index contributed by atoms with van der Waals surface area (Å²) < 4.78 is 28.0. The summed E-state index contributed by atoms with van der Waals surface area (Å²) in [4.78, 5) is 12.8. The molecule has 0 saturated carbocycles. The van der Waals surface area contributed by atoms with E-state index < -0.39 is 11.6 Å². The zero-order chi connectivity index (χ0) is 15.8. The van der Waals surface area contributed by atoms with E-state index in [0.717, 1.165) is 34.5 Å². The van der Waals surface area contributed by atoms with Gasteiger partial charge in [0.1, 0.15) is 17.2 Å². The molecule has 0 radical (unpaired) electrons. The molecule has 0 spiro atoms. The van der Waals surface area contributed by atoms with Gasteiger partial charge in [0.2, 0.25) is 0 Å². The van der Waals surface area contributed by atoms with Crippen LogP contribution in [0.25, 0.3) is 10.2 Å². The van der Waals surface area contributed by atoms with E-state index in [1.54, 1.807) is 23.7 Å². The number of thiazole rings is 1. The van der Waals surface area contributed by atoms with Crippen LogP contribution in [0, 0.1) is 11.6 Å². The minimum atomic E-state index is -0.548. The lowest BCUT2D eigenvalue weighted by atomic mass is 10.2. The van der Waals surface area contributed by atoms with Crippen LogP contribution in [0.3, 0.4) is 0 Å². The quantitative estimate of drug-likeness (QED) is 0.721. The van der Waals surface area contributed by atoms with Crippen LogP contribution < -0.4 is 9.80 Å². The fourth-order valence-corrected chi connectivity index (χ4v) is 3.76. The van der Waals surface area contributed by atoms with Crippen LogP contribution in [0.5, 0.6) is 0 Å². The highest BCUT2D eigenvalue weighted by Crippen LogP contribution is 2.29. The van der Waals surface area contributed by atoms with Crippen molar-refractivity contribution in [2.45, 2.75) is 0 Å². The van der Waals surface area contributed by atoms with Gasteiger partial charge in [0.15, 0.2) is 5.13 Å². The Morgan fingerprint density at radius 3 is 2.52 bits per heavy atom. The number of fused-ring (bicyclic) bond motifs is 1. The van der Waals surface area contributed by atoms with Crippen LogP contribution >= 0.6 is 11.3 Å². The maximum absolute atomic E-state index is 13.9. The van der Waals surface area contributed by atoms with Gasteiger partial charge in [0, 0.05) is 38.4 Å². The Kier molecular flexibility index (Phi) is 3.57. The fraction of sp³-hybridized carbons (Fsp3) is 0.250. The van der Waals surface area contributed by atoms with Crippen molar-refractivity contribution in [2.24, 2.45) is 0 Å². The predicted molar refractivity (Wildman–Crippen MR) is 88.2 cm³/mol. The standard InChI is InChI=1S/C16H14F2N4S/c17-11-1-2-14(12(18)9-11)21-5-7-22(8-6-21)16-20-13-10-19-4-3-15(13)23-16/h1-4,9-10H,5-8H2. The number of rotatable bonds is 2. The molecule has 2 aromatic heterocycles. The molecule has 0 aliphatic carbocycles. The summed E-state index contributed by atoms with van der Waals surface area (Å²) in [5, 5.41) is 0.965. The van der Waals surface area contributed by atoms with Crippen LogP contribution in [0.2, 0.25) is 0 Å². The van der Waals surface area contributed by atoms with E-state index in [9.17, 15) is 8.78 Å². The molecule has 1 saturated heterocycles. The molecule has 3 heterocycles. The average molecular weight is 332 g/mol. The van der Waals surface area contributed by atoms with E-state index in [4.69, 9.17) is 0 Å². The van der Waals surface area contributed by atoms with Crippen molar-refractivity contribution in [3.05, 3.63) is 48.3 Å². The Balaban J connectivity index is 1.50. The minimum Gasteiger partial charge on any atom is -0.366 e. The first kappa shape index (κ1) is 14.3. The Bertz CT molecular complexity index is 810. The lowest BCUT2D eigenvalue weighted by molar-refractivity contribution is 0.570. The molecule has 0 amide bonds. The summed E-state index contributed by atoms with van der Waals surface area (Å²) in [6.45, 7) is 2.86. The zero-order valence-electron chi connectivity index (χ0n) is 12.2. The predicted octanol–water partition coefficient (Wildman–Crippen LogP) is 3.30. The third kappa shape index (κ3) is 2.72. The topological polar surface area (TPSA) is 32.3 Å². The van der Waals surface area contributed by atoms with E-state index in [0.29, 0.717) is 18.8 Å². The van der Waals surface area contributed by atoms with Gasteiger partial charge in [-0.15, -0.1) is 0 Å². The molecule has 1 aliphatic heterocycles. The molecule has 0 atom stereocenters. The van der Waals surface area contributed by atoms with Crippen molar-refractivity contribution < 1.29 is 8.78 Å². The summed E-state index contributed by atoms with van der Waals surface area (Å²) in [7, 11) is 0. The zero-order valence-corrected chi connectivity index (χ0v) is 13.1. The minimum absolute atomic E-state index is 0.458. The summed E-state index contributed by atoms with van der Waals surface area (Å²) in [6, 6.07) is 5.69. The van der Waals surface area contributed by atoms with Crippen molar-refractivity contribution in [3.8, 4) is 0 Å². The first-order chi connectivity index (χ1) is 11.2. The monoisotopic (exact) mass is 332 g/mol. The molecule has 1 aromatic carbocycles. The Morgan fingerprint density at radius 2 is 1.78 bits per heavy atom. The summed E-state index contributed by atoms with van der Waals surface area (Å²) in [5.41, 5.74) is 1.36. The van der Waals surface area contributed by atoms with Crippen LogP contribution in [-0.2, 0) is 0 Å². The number of pyridine rings is 1. The van der Waals surface area contributed by atoms with Crippen LogP contribution in [-0.4, -0.2) is 36.1 Å². The maximum Gasteiger partial charge on any atom is 0.186 e. The van der Waals surface area contributed by atoms with Crippen LogP contribution in [0.1, 0.15) is 0 Å². The van der Waals surface area contributed by atoms with Gasteiger partial charge < -0.3 is 9.80 Å². The summed E-state index contributed by atoms with van der Waals surface area (Å²) in [6.07, 6.45) is 3.53. The second kappa shape index (κ2) is 5.73. The first-order valence-corrected chi connectivity index (χ1v) is 8.18. The van der Waals surface area contributed by atoms with E-state index in [1.165, 1.54) is 12.1 Å². The number of nitrogens with zero attached hydrogens (tertiary/aromatic N) is 4. The highest BCUT2D eigenvalue weighted by molar-refractivity contribution is 7.22. The van der Waals surface area contributed by atoms with Gasteiger partial charge >= 0.3 is 0 Å². The summed E-state index contributed by atoms with van der Waals surface area (Å²) >= 11 is 1.64. The second-order valence-corrected chi connectivity index (χ2v) is 6.42. The van der Waals surface area contributed by atoms with Gasteiger partial charge in [-0.25, -0.2) is 13.8 Å². The van der Waals surface area contributed by atoms with Gasteiger partial charge in [0.05, 0.1) is 16.6 Å². The number of halogens is 2. The largest absolute Gasteiger partial charge is 0.366 e. The molecular weight excluding hydrogens is 318 g/mol. The second-order valence-electron chi connectivity index (χ2n) is 5.41. The van der Waals surface area contributed by atoms with Crippen molar-refractivity contribution in [1.29, 1.82) is 0 Å². The average Bonchev–Trinajstić information content (AvgIpc) is 2.99. The molecular formula is C16H14F2N4S. The van der Waals surface area contributed by atoms with Crippen LogP contribution in [0.15, 0.2) is 36.7 Å².